The number of hydrogen-bond acceptors (Lipinski definition) is 5. The number of carbonyl (C=O) groups excluding carboxylic acids is 1. The molecule has 0 aliphatic carbocycles. The average molecular weight is 391 g/mol. The van der Waals surface area contributed by atoms with Crippen LogP contribution in [-0.4, -0.2) is 16.2 Å². The molecule has 1 atom stereocenters. The van der Waals surface area contributed by atoms with Crippen LogP contribution in [0.1, 0.15) is 30.0 Å². The third kappa shape index (κ3) is 4.42. The van der Waals surface area contributed by atoms with Crippen LogP contribution in [0.2, 0.25) is 10.0 Å². The predicted octanol–water partition coefficient (Wildman–Crippen LogP) is 5.20. The van der Waals surface area contributed by atoms with E-state index >= 15 is 0 Å². The molecule has 2 aromatic carbocycles. The molecule has 0 radical (unpaired) electrons. The first-order valence-corrected chi connectivity index (χ1v) is 8.72. The Morgan fingerprint density at radius 3 is 2.58 bits per heavy atom. The quantitative estimate of drug-likeness (QED) is 0.560. The second-order valence-corrected chi connectivity index (χ2v) is 6.70. The Bertz CT molecular complexity index is 923. The van der Waals surface area contributed by atoms with Gasteiger partial charge in [-0.05, 0) is 43.7 Å². The van der Waals surface area contributed by atoms with Crippen molar-refractivity contribution in [1.29, 1.82) is 0 Å². The van der Waals surface area contributed by atoms with Crippen LogP contribution in [0, 0.1) is 6.92 Å². The zero-order chi connectivity index (χ0) is 18.7. The second-order valence-electron chi connectivity index (χ2n) is 5.86. The summed E-state index contributed by atoms with van der Waals surface area (Å²) in [5.74, 6) is 0.164. The third-order valence-electron chi connectivity index (χ3n) is 3.75. The fraction of sp³-hybridized carbons (Fsp3) is 0.211. The fourth-order valence-electron chi connectivity index (χ4n) is 2.32. The monoisotopic (exact) mass is 390 g/mol. The predicted molar refractivity (Wildman–Crippen MR) is 99.1 cm³/mol. The van der Waals surface area contributed by atoms with Gasteiger partial charge in [0.05, 0.1) is 6.42 Å². The minimum absolute atomic E-state index is 0.0271. The van der Waals surface area contributed by atoms with Crippen molar-refractivity contribution >= 4 is 29.2 Å². The molecule has 1 heterocycles. The lowest BCUT2D eigenvalue weighted by molar-refractivity contribution is -0.148. The van der Waals surface area contributed by atoms with Crippen LogP contribution in [-0.2, 0) is 16.0 Å². The lowest BCUT2D eigenvalue weighted by Crippen LogP contribution is -2.12. The number of nitrogens with zero attached hydrogens (tertiary/aromatic N) is 2. The first kappa shape index (κ1) is 18.4. The molecule has 0 amide bonds. The number of rotatable bonds is 5. The van der Waals surface area contributed by atoms with Crippen LogP contribution in [0.15, 0.2) is 46.9 Å². The Kier molecular flexibility index (Phi) is 5.59. The van der Waals surface area contributed by atoms with Crippen LogP contribution in [0.5, 0.6) is 0 Å². The standard InChI is InChI=1S/C19H16Cl2N2O3/c1-11-3-5-13(6-4-11)19-23-22-18(26-19)12(2)25-17(24)9-14-7-8-15(20)10-16(14)21/h3-8,10,12H,9H2,1-2H3/t12-/m1/s1. The van der Waals surface area contributed by atoms with E-state index in [1.807, 2.05) is 31.2 Å². The van der Waals surface area contributed by atoms with Gasteiger partial charge >= 0.3 is 5.97 Å². The number of halogens is 2. The van der Waals surface area contributed by atoms with Crippen molar-refractivity contribution in [2.24, 2.45) is 0 Å². The van der Waals surface area contributed by atoms with Gasteiger partial charge in [0, 0.05) is 15.6 Å². The molecule has 134 valence electrons. The molecular formula is C19H16Cl2N2O3. The normalized spacial score (nSPS) is 12.0. The summed E-state index contributed by atoms with van der Waals surface area (Å²) in [6, 6.07) is 12.7. The van der Waals surface area contributed by atoms with E-state index in [1.165, 1.54) is 0 Å². The highest BCUT2D eigenvalue weighted by molar-refractivity contribution is 6.35. The fourth-order valence-corrected chi connectivity index (χ4v) is 2.80. The Morgan fingerprint density at radius 2 is 1.88 bits per heavy atom. The highest BCUT2D eigenvalue weighted by atomic mass is 35.5. The van der Waals surface area contributed by atoms with Crippen LogP contribution in [0.3, 0.4) is 0 Å². The van der Waals surface area contributed by atoms with Crippen LogP contribution in [0.4, 0.5) is 0 Å². The maximum Gasteiger partial charge on any atom is 0.311 e. The van der Waals surface area contributed by atoms with Gasteiger partial charge in [0.2, 0.25) is 5.89 Å². The highest BCUT2D eigenvalue weighted by Gasteiger charge is 2.20. The lowest BCUT2D eigenvalue weighted by Gasteiger charge is -2.10. The van der Waals surface area contributed by atoms with Crippen molar-refractivity contribution < 1.29 is 13.9 Å². The summed E-state index contributed by atoms with van der Waals surface area (Å²) in [5, 5.41) is 8.90. The summed E-state index contributed by atoms with van der Waals surface area (Å²) in [5.41, 5.74) is 2.58. The third-order valence-corrected chi connectivity index (χ3v) is 4.33. The molecular weight excluding hydrogens is 375 g/mol. The van der Waals surface area contributed by atoms with E-state index in [9.17, 15) is 4.79 Å². The first-order chi connectivity index (χ1) is 12.4. The van der Waals surface area contributed by atoms with Crippen LogP contribution in [0.25, 0.3) is 11.5 Å². The largest absolute Gasteiger partial charge is 0.452 e. The number of benzene rings is 2. The van der Waals surface area contributed by atoms with E-state index in [1.54, 1.807) is 25.1 Å². The van der Waals surface area contributed by atoms with Crippen molar-refractivity contribution in [3.05, 3.63) is 69.5 Å². The summed E-state index contributed by atoms with van der Waals surface area (Å²) >= 11 is 11.9. The SMILES string of the molecule is Cc1ccc(-c2nnc([C@@H](C)OC(=O)Cc3ccc(Cl)cc3Cl)o2)cc1. The molecule has 0 saturated carbocycles. The van der Waals surface area contributed by atoms with Crippen LogP contribution >= 0.6 is 23.2 Å². The van der Waals surface area contributed by atoms with Crippen LogP contribution < -0.4 is 0 Å². The Balaban J connectivity index is 1.65. The number of aryl methyl sites for hydroxylation is 1. The van der Waals surface area contributed by atoms with Crippen molar-refractivity contribution in [3.63, 3.8) is 0 Å². The number of ether oxygens (including phenoxy) is 1. The Morgan fingerprint density at radius 1 is 1.15 bits per heavy atom. The van der Waals surface area contributed by atoms with Gasteiger partial charge in [0.15, 0.2) is 6.10 Å². The molecule has 0 saturated heterocycles. The van der Waals surface area contributed by atoms with Gasteiger partial charge < -0.3 is 9.15 Å². The van der Waals surface area contributed by atoms with Gasteiger partial charge in [0.25, 0.3) is 5.89 Å². The highest BCUT2D eigenvalue weighted by Crippen LogP contribution is 2.25. The van der Waals surface area contributed by atoms with Crippen molar-refractivity contribution in [3.8, 4) is 11.5 Å². The number of esters is 1. The van der Waals surface area contributed by atoms with Gasteiger partial charge in [-0.15, -0.1) is 10.2 Å². The Labute approximate surface area is 160 Å². The molecule has 0 aliphatic heterocycles. The minimum atomic E-state index is -0.666. The lowest BCUT2D eigenvalue weighted by atomic mass is 10.1. The van der Waals surface area contributed by atoms with Gasteiger partial charge in [-0.3, -0.25) is 4.79 Å². The molecule has 26 heavy (non-hydrogen) atoms. The van der Waals surface area contributed by atoms with Crippen molar-refractivity contribution in [1.82, 2.24) is 10.2 Å². The maximum atomic E-state index is 12.1. The van der Waals surface area contributed by atoms with E-state index in [2.05, 4.69) is 10.2 Å². The molecule has 0 unspecified atom stereocenters. The molecule has 3 aromatic rings. The molecule has 0 bridgehead atoms. The molecule has 0 fully saturated rings. The first-order valence-electron chi connectivity index (χ1n) is 7.96. The minimum Gasteiger partial charge on any atom is -0.452 e. The summed E-state index contributed by atoms with van der Waals surface area (Å²) in [6.45, 7) is 3.67. The molecule has 0 N–H and O–H groups in total. The maximum absolute atomic E-state index is 12.1. The second kappa shape index (κ2) is 7.89. The molecule has 7 heteroatoms. The van der Waals surface area contributed by atoms with Gasteiger partial charge in [-0.2, -0.15) is 0 Å². The Hall–Kier alpha value is -2.37. The summed E-state index contributed by atoms with van der Waals surface area (Å²) < 4.78 is 11.0. The van der Waals surface area contributed by atoms with Gasteiger partial charge in [-0.1, -0.05) is 47.0 Å². The average Bonchev–Trinajstić information content (AvgIpc) is 3.08. The number of hydrogen-bond donors (Lipinski definition) is 0. The van der Waals surface area contributed by atoms with Crippen molar-refractivity contribution in [2.75, 3.05) is 0 Å². The van der Waals surface area contributed by atoms with Crippen molar-refractivity contribution in [2.45, 2.75) is 26.4 Å². The smallest absolute Gasteiger partial charge is 0.311 e. The van der Waals surface area contributed by atoms with E-state index in [4.69, 9.17) is 32.4 Å². The molecule has 1 aromatic heterocycles. The van der Waals surface area contributed by atoms with E-state index in [-0.39, 0.29) is 12.3 Å². The number of aromatic nitrogens is 2. The molecule has 5 nitrogen and oxygen atoms in total. The topological polar surface area (TPSA) is 65.2 Å². The summed E-state index contributed by atoms with van der Waals surface area (Å²) in [7, 11) is 0. The zero-order valence-corrected chi connectivity index (χ0v) is 15.7. The van der Waals surface area contributed by atoms with Gasteiger partial charge in [0.1, 0.15) is 0 Å². The molecule has 3 rings (SSSR count). The summed E-state index contributed by atoms with van der Waals surface area (Å²) in [4.78, 5) is 12.1. The van der Waals surface area contributed by atoms with E-state index in [0.29, 0.717) is 21.5 Å². The molecule has 0 spiro atoms. The van der Waals surface area contributed by atoms with E-state index in [0.717, 1.165) is 11.1 Å². The summed E-state index contributed by atoms with van der Waals surface area (Å²) in [6.07, 6.45) is -0.639. The number of carbonyl (C=O) groups is 1. The van der Waals surface area contributed by atoms with E-state index < -0.39 is 12.1 Å². The zero-order valence-electron chi connectivity index (χ0n) is 14.2. The molecule has 0 aliphatic rings. The van der Waals surface area contributed by atoms with Gasteiger partial charge in [-0.25, -0.2) is 0 Å².